The summed E-state index contributed by atoms with van der Waals surface area (Å²) < 4.78 is 50.1. The van der Waals surface area contributed by atoms with Crippen molar-refractivity contribution in [3.8, 4) is 45.8 Å². The molecule has 0 spiro atoms. The predicted molar refractivity (Wildman–Crippen MR) is 155 cm³/mol. The molecule has 0 atom stereocenters. The van der Waals surface area contributed by atoms with Crippen LogP contribution in [0.2, 0.25) is 0 Å². The van der Waals surface area contributed by atoms with E-state index in [0.29, 0.717) is 67.9 Å². The zero-order valence-corrected chi connectivity index (χ0v) is 22.9. The first-order valence-electron chi connectivity index (χ1n) is 13.1. The number of nitrogens with zero attached hydrogens (tertiary/aromatic N) is 4. The van der Waals surface area contributed by atoms with Crippen molar-refractivity contribution in [3.05, 3.63) is 110 Å². The monoisotopic (exact) mass is 586 g/mol. The summed E-state index contributed by atoms with van der Waals surface area (Å²) in [4.78, 5) is 19.0. The van der Waals surface area contributed by atoms with E-state index in [9.17, 15) is 8.42 Å². The number of sulfone groups is 1. The molecule has 0 unspecified atom stereocenters. The van der Waals surface area contributed by atoms with E-state index in [2.05, 4.69) is 0 Å². The Morgan fingerprint density at radius 2 is 0.744 bits per heavy atom. The molecule has 0 radical (unpaired) electrons. The van der Waals surface area contributed by atoms with Gasteiger partial charge >= 0.3 is 0 Å². The fourth-order valence-electron chi connectivity index (χ4n) is 4.88. The summed E-state index contributed by atoms with van der Waals surface area (Å²) >= 11 is 0. The van der Waals surface area contributed by atoms with Crippen LogP contribution in [-0.2, 0) is 9.84 Å². The highest BCUT2D eigenvalue weighted by atomic mass is 32.2. The van der Waals surface area contributed by atoms with Crippen molar-refractivity contribution >= 4 is 31.9 Å². The molecule has 0 saturated heterocycles. The number of hydrogen-bond acceptors (Lipinski definition) is 10. The van der Waals surface area contributed by atoms with Gasteiger partial charge in [0.1, 0.15) is 22.8 Å². The standard InChI is InChI=1S/C32H18N4O6S/c37-43(38,19-9-11-21-23(17-19)35-31(27-7-3-15-41-27)29(33-21)25-5-1-13-39-25)20-10-12-22-24(18-20)36-32(28-8-4-16-42-28)30(34-22)26-6-2-14-40-26/h1-18H. The van der Waals surface area contributed by atoms with E-state index in [4.69, 9.17) is 37.6 Å². The van der Waals surface area contributed by atoms with Gasteiger partial charge in [0.15, 0.2) is 23.0 Å². The summed E-state index contributed by atoms with van der Waals surface area (Å²) in [6.45, 7) is 0. The fourth-order valence-corrected chi connectivity index (χ4v) is 6.18. The molecule has 10 nitrogen and oxygen atoms in total. The third-order valence-electron chi connectivity index (χ3n) is 6.91. The molecule has 6 aromatic heterocycles. The Labute approximate surface area is 243 Å². The van der Waals surface area contributed by atoms with Crippen LogP contribution in [0.4, 0.5) is 0 Å². The highest BCUT2D eigenvalue weighted by molar-refractivity contribution is 7.91. The Morgan fingerprint density at radius 1 is 0.419 bits per heavy atom. The number of benzene rings is 2. The molecule has 208 valence electrons. The van der Waals surface area contributed by atoms with Gasteiger partial charge in [0.2, 0.25) is 9.84 Å². The molecule has 8 rings (SSSR count). The highest BCUT2D eigenvalue weighted by Gasteiger charge is 2.23. The van der Waals surface area contributed by atoms with Crippen LogP contribution in [0.3, 0.4) is 0 Å². The zero-order chi connectivity index (χ0) is 29.0. The van der Waals surface area contributed by atoms with Crippen LogP contribution in [0.25, 0.3) is 67.9 Å². The lowest BCUT2D eigenvalue weighted by Gasteiger charge is -2.10. The van der Waals surface area contributed by atoms with Crippen LogP contribution in [0.1, 0.15) is 0 Å². The average Bonchev–Trinajstić information content (AvgIpc) is 3.87. The van der Waals surface area contributed by atoms with E-state index in [-0.39, 0.29) is 9.79 Å². The number of aromatic nitrogens is 4. The van der Waals surface area contributed by atoms with Gasteiger partial charge in [0, 0.05) is 0 Å². The van der Waals surface area contributed by atoms with Crippen molar-refractivity contribution < 1.29 is 26.1 Å². The van der Waals surface area contributed by atoms with Gasteiger partial charge in [-0.15, -0.1) is 0 Å². The van der Waals surface area contributed by atoms with E-state index in [1.54, 1.807) is 73.2 Å². The third-order valence-corrected chi connectivity index (χ3v) is 8.66. The Hall–Kier alpha value is -5.81. The van der Waals surface area contributed by atoms with E-state index in [1.165, 1.54) is 36.8 Å². The van der Waals surface area contributed by atoms with E-state index in [0.717, 1.165) is 0 Å². The Morgan fingerprint density at radius 3 is 1.05 bits per heavy atom. The van der Waals surface area contributed by atoms with Crippen molar-refractivity contribution in [2.24, 2.45) is 0 Å². The summed E-state index contributed by atoms with van der Waals surface area (Å²) in [5, 5.41) is 0. The summed E-state index contributed by atoms with van der Waals surface area (Å²) in [7, 11) is -3.98. The molecule has 0 aliphatic rings. The second-order valence-electron chi connectivity index (χ2n) is 9.56. The minimum absolute atomic E-state index is 0.0521. The second kappa shape index (κ2) is 9.64. The SMILES string of the molecule is O=S(=O)(c1ccc2nc(-c3ccco3)c(-c3ccco3)nc2c1)c1ccc2nc(-c3ccco3)c(-c3ccco3)nc2c1. The van der Waals surface area contributed by atoms with Crippen LogP contribution >= 0.6 is 0 Å². The molecule has 0 saturated carbocycles. The smallest absolute Gasteiger partial charge is 0.206 e. The van der Waals surface area contributed by atoms with Gasteiger partial charge in [-0.1, -0.05) is 0 Å². The number of fused-ring (bicyclic) bond motifs is 2. The molecule has 0 fully saturated rings. The second-order valence-corrected chi connectivity index (χ2v) is 11.5. The van der Waals surface area contributed by atoms with Crippen LogP contribution < -0.4 is 0 Å². The highest BCUT2D eigenvalue weighted by Crippen LogP contribution is 2.35. The molecular weight excluding hydrogens is 568 g/mol. The minimum Gasteiger partial charge on any atom is -0.463 e. The van der Waals surface area contributed by atoms with Gasteiger partial charge in [0.25, 0.3) is 0 Å². The number of rotatable bonds is 6. The van der Waals surface area contributed by atoms with Crippen LogP contribution in [0.15, 0.2) is 137 Å². The van der Waals surface area contributed by atoms with Gasteiger partial charge in [-0.05, 0) is 84.9 Å². The topological polar surface area (TPSA) is 138 Å². The molecule has 11 heteroatoms. The lowest BCUT2D eigenvalue weighted by molar-refractivity contribution is 0.572. The molecule has 8 aromatic rings. The molecule has 2 aromatic carbocycles. The van der Waals surface area contributed by atoms with E-state index < -0.39 is 9.84 Å². The third kappa shape index (κ3) is 4.21. The van der Waals surface area contributed by atoms with Crippen molar-refractivity contribution in [2.45, 2.75) is 9.79 Å². The number of furan rings is 4. The van der Waals surface area contributed by atoms with Gasteiger partial charge in [-0.25, -0.2) is 28.4 Å². The molecular formula is C32H18N4O6S. The average molecular weight is 587 g/mol. The van der Waals surface area contributed by atoms with Gasteiger partial charge in [-0.3, -0.25) is 0 Å². The van der Waals surface area contributed by atoms with E-state index >= 15 is 0 Å². The minimum atomic E-state index is -3.98. The molecule has 0 N–H and O–H groups in total. The molecule has 0 amide bonds. The van der Waals surface area contributed by atoms with Gasteiger partial charge in [0.05, 0.1) is 56.9 Å². The van der Waals surface area contributed by atoms with Gasteiger partial charge < -0.3 is 17.7 Å². The van der Waals surface area contributed by atoms with Crippen LogP contribution in [0.5, 0.6) is 0 Å². The maximum Gasteiger partial charge on any atom is 0.206 e. The maximum absolute atomic E-state index is 13.9. The van der Waals surface area contributed by atoms with Crippen molar-refractivity contribution in [1.29, 1.82) is 0 Å². The largest absolute Gasteiger partial charge is 0.463 e. The first kappa shape index (κ1) is 24.9. The Bertz CT molecular complexity index is 2180. The molecule has 0 aliphatic heterocycles. The van der Waals surface area contributed by atoms with Crippen LogP contribution in [0, 0.1) is 0 Å². The zero-order valence-electron chi connectivity index (χ0n) is 22.0. The first-order valence-corrected chi connectivity index (χ1v) is 14.6. The van der Waals surface area contributed by atoms with Gasteiger partial charge in [-0.2, -0.15) is 0 Å². The summed E-state index contributed by atoms with van der Waals surface area (Å²) in [6, 6.07) is 23.3. The quantitative estimate of drug-likeness (QED) is 0.193. The lowest BCUT2D eigenvalue weighted by atomic mass is 10.2. The number of hydrogen-bond donors (Lipinski definition) is 0. The van der Waals surface area contributed by atoms with Crippen molar-refractivity contribution in [2.75, 3.05) is 0 Å². The van der Waals surface area contributed by atoms with Crippen LogP contribution in [-0.4, -0.2) is 28.4 Å². The van der Waals surface area contributed by atoms with E-state index in [1.807, 2.05) is 0 Å². The van der Waals surface area contributed by atoms with Crippen molar-refractivity contribution in [3.63, 3.8) is 0 Å². The molecule has 43 heavy (non-hydrogen) atoms. The molecule has 0 bridgehead atoms. The molecule has 6 heterocycles. The Balaban J connectivity index is 1.25. The normalized spacial score (nSPS) is 11.9. The Kier molecular flexibility index (Phi) is 5.59. The molecule has 0 aliphatic carbocycles. The fraction of sp³-hybridized carbons (Fsp3) is 0. The lowest BCUT2D eigenvalue weighted by Crippen LogP contribution is -2.04. The summed E-state index contributed by atoms with van der Waals surface area (Å²) in [5.74, 6) is 1.98. The summed E-state index contributed by atoms with van der Waals surface area (Å²) in [6.07, 6.45) is 6.16. The van der Waals surface area contributed by atoms with Crippen molar-refractivity contribution in [1.82, 2.24) is 19.9 Å². The predicted octanol–water partition coefficient (Wildman–Crippen LogP) is 7.45. The maximum atomic E-state index is 13.9. The summed E-state index contributed by atoms with van der Waals surface area (Å²) in [5.41, 5.74) is 3.59. The first-order chi connectivity index (χ1) is 21.0.